The van der Waals surface area contributed by atoms with Gasteiger partial charge in [0, 0.05) is 27.9 Å². The van der Waals surface area contributed by atoms with Crippen molar-refractivity contribution in [2.75, 3.05) is 7.11 Å². The third kappa shape index (κ3) is 4.86. The van der Waals surface area contributed by atoms with E-state index in [0.29, 0.717) is 27.6 Å². The highest BCUT2D eigenvalue weighted by Crippen LogP contribution is 2.12. The lowest BCUT2D eigenvalue weighted by Crippen LogP contribution is -2.36. The summed E-state index contributed by atoms with van der Waals surface area (Å²) in [6.45, 7) is 1.68. The van der Waals surface area contributed by atoms with Crippen molar-refractivity contribution in [3.05, 3.63) is 76.5 Å². The number of ketones is 1. The Labute approximate surface area is 145 Å². The maximum atomic E-state index is 12.1. The number of nitrogens with one attached hydrogen (secondary N) is 2. The zero-order valence-electron chi connectivity index (χ0n) is 13.3. The maximum Gasteiger partial charge on any atom is 0.269 e. The molecule has 0 spiro atoms. The van der Waals surface area contributed by atoms with Crippen LogP contribution >= 0.6 is 11.6 Å². The molecule has 0 aliphatic rings. The average Bonchev–Trinajstić information content (AvgIpc) is 2.59. The molecule has 0 saturated carbocycles. The highest BCUT2D eigenvalue weighted by atomic mass is 35.5. The zero-order chi connectivity index (χ0) is 17.5. The first-order chi connectivity index (χ1) is 11.5. The number of carbonyl (C=O) groups is 2. The minimum atomic E-state index is -0.345. The smallest absolute Gasteiger partial charge is 0.269 e. The summed E-state index contributed by atoms with van der Waals surface area (Å²) in [5.41, 5.74) is 6.66. The molecule has 5 nitrogen and oxygen atoms in total. The number of rotatable bonds is 6. The topological polar surface area (TPSA) is 67.4 Å². The van der Waals surface area contributed by atoms with Gasteiger partial charge in [0.1, 0.15) is 5.75 Å². The summed E-state index contributed by atoms with van der Waals surface area (Å²) in [4.78, 5) is 24.1. The molecule has 0 aromatic heterocycles. The van der Waals surface area contributed by atoms with Crippen LogP contribution in [0.1, 0.15) is 27.6 Å². The first-order valence-electron chi connectivity index (χ1n) is 7.18. The lowest BCUT2D eigenvalue weighted by molar-refractivity contribution is 0.0936. The maximum absolute atomic E-state index is 12.1. The second-order valence-corrected chi connectivity index (χ2v) is 5.45. The molecule has 2 rings (SSSR count). The molecule has 24 heavy (non-hydrogen) atoms. The number of carbonyl (C=O) groups excluding carboxylic acids is 2. The van der Waals surface area contributed by atoms with Crippen LogP contribution in [0.3, 0.4) is 0 Å². The number of amides is 1. The Morgan fingerprint density at radius 3 is 2.38 bits per heavy atom. The Kier molecular flexibility index (Phi) is 5.98. The summed E-state index contributed by atoms with van der Waals surface area (Å²) < 4.78 is 5.05. The van der Waals surface area contributed by atoms with Crippen molar-refractivity contribution in [3.8, 4) is 5.75 Å². The Balaban J connectivity index is 1.95. The van der Waals surface area contributed by atoms with Gasteiger partial charge in [0.2, 0.25) is 0 Å². The summed E-state index contributed by atoms with van der Waals surface area (Å²) in [6.07, 6.45) is 1.40. The van der Waals surface area contributed by atoms with Gasteiger partial charge in [-0.3, -0.25) is 15.0 Å². The number of hydrogen-bond acceptors (Lipinski definition) is 4. The van der Waals surface area contributed by atoms with E-state index in [4.69, 9.17) is 16.3 Å². The number of benzene rings is 2. The quantitative estimate of drug-likeness (QED) is 0.479. The number of ether oxygens (including phenoxy) is 1. The van der Waals surface area contributed by atoms with Gasteiger partial charge in [-0.05, 0) is 49.4 Å². The van der Waals surface area contributed by atoms with E-state index in [9.17, 15) is 9.59 Å². The molecule has 2 N–H and O–H groups in total. The first-order valence-corrected chi connectivity index (χ1v) is 7.56. The molecule has 0 bridgehead atoms. The van der Waals surface area contributed by atoms with Gasteiger partial charge in [0.05, 0.1) is 7.11 Å². The van der Waals surface area contributed by atoms with Crippen molar-refractivity contribution in [2.45, 2.75) is 6.92 Å². The molecule has 0 atom stereocenters. The molecule has 6 heteroatoms. The Morgan fingerprint density at radius 2 is 1.75 bits per heavy atom. The molecule has 1 amide bonds. The van der Waals surface area contributed by atoms with Crippen molar-refractivity contribution in [1.82, 2.24) is 10.9 Å². The lowest BCUT2D eigenvalue weighted by Gasteiger charge is -2.09. The Hall–Kier alpha value is -2.79. The fourth-order valence-corrected chi connectivity index (χ4v) is 2.12. The van der Waals surface area contributed by atoms with Crippen molar-refractivity contribution in [2.24, 2.45) is 0 Å². The zero-order valence-corrected chi connectivity index (χ0v) is 14.1. The van der Waals surface area contributed by atoms with Crippen LogP contribution < -0.4 is 15.6 Å². The summed E-state index contributed by atoms with van der Waals surface area (Å²) in [5, 5.41) is 0.476. The van der Waals surface area contributed by atoms with Gasteiger partial charge < -0.3 is 10.2 Å². The van der Waals surface area contributed by atoms with E-state index in [1.807, 2.05) is 0 Å². The minimum Gasteiger partial charge on any atom is -0.497 e. The molecule has 0 unspecified atom stereocenters. The number of methoxy groups -OCH3 is 1. The molecule has 0 aliphatic heterocycles. The van der Waals surface area contributed by atoms with Crippen LogP contribution in [0, 0.1) is 0 Å². The number of halogens is 1. The lowest BCUT2D eigenvalue weighted by atomic mass is 10.1. The number of allylic oxidation sites excluding steroid dienone is 2. The van der Waals surface area contributed by atoms with E-state index in [1.165, 1.54) is 6.08 Å². The summed E-state index contributed by atoms with van der Waals surface area (Å²) in [7, 11) is 1.56. The molecule has 0 radical (unpaired) electrons. The summed E-state index contributed by atoms with van der Waals surface area (Å²) in [6, 6.07) is 13.3. The van der Waals surface area contributed by atoms with Crippen LogP contribution in [-0.2, 0) is 0 Å². The fraction of sp³-hybridized carbons (Fsp3) is 0.111. The largest absolute Gasteiger partial charge is 0.497 e. The molecule has 124 valence electrons. The van der Waals surface area contributed by atoms with Crippen molar-refractivity contribution >= 4 is 23.3 Å². The highest BCUT2D eigenvalue weighted by Gasteiger charge is 2.07. The second kappa shape index (κ2) is 8.17. The molecular weight excluding hydrogens is 328 g/mol. The summed E-state index contributed by atoms with van der Waals surface area (Å²) in [5.74, 6) is 0.154. The predicted molar refractivity (Wildman–Crippen MR) is 93.1 cm³/mol. The molecule has 2 aromatic carbocycles. The standard InChI is InChI=1S/C18H17ClN2O3/c1-12(10-17(22)13-6-8-16(24-2)9-7-13)20-21-18(23)14-4-3-5-15(19)11-14/h3-11,20H,1-2H3,(H,21,23)/b12-10+. The van der Waals surface area contributed by atoms with Crippen molar-refractivity contribution in [1.29, 1.82) is 0 Å². The van der Waals surface area contributed by atoms with Gasteiger partial charge in [0.15, 0.2) is 5.78 Å². The van der Waals surface area contributed by atoms with E-state index >= 15 is 0 Å². The second-order valence-electron chi connectivity index (χ2n) is 5.01. The van der Waals surface area contributed by atoms with Gasteiger partial charge >= 0.3 is 0 Å². The van der Waals surface area contributed by atoms with Crippen molar-refractivity contribution in [3.63, 3.8) is 0 Å². The molecule has 0 fully saturated rings. The molecule has 2 aromatic rings. The number of hydrazine groups is 1. The third-order valence-electron chi connectivity index (χ3n) is 3.18. The summed E-state index contributed by atoms with van der Waals surface area (Å²) >= 11 is 5.84. The molecular formula is C18H17ClN2O3. The first kappa shape index (κ1) is 17.6. The fourth-order valence-electron chi connectivity index (χ4n) is 1.93. The normalized spacial score (nSPS) is 10.9. The Bertz CT molecular complexity index is 770. The van der Waals surface area contributed by atoms with Crippen LogP contribution in [0.4, 0.5) is 0 Å². The van der Waals surface area contributed by atoms with Gasteiger partial charge in [-0.25, -0.2) is 0 Å². The van der Waals surface area contributed by atoms with E-state index in [-0.39, 0.29) is 11.7 Å². The third-order valence-corrected chi connectivity index (χ3v) is 3.42. The number of hydrogen-bond donors (Lipinski definition) is 2. The van der Waals surface area contributed by atoms with Crippen LogP contribution in [0.25, 0.3) is 0 Å². The molecule has 0 heterocycles. The van der Waals surface area contributed by atoms with Gasteiger partial charge in [-0.2, -0.15) is 0 Å². The minimum absolute atomic E-state index is 0.181. The van der Waals surface area contributed by atoms with E-state index < -0.39 is 0 Å². The average molecular weight is 345 g/mol. The van der Waals surface area contributed by atoms with E-state index in [2.05, 4.69) is 10.9 Å². The van der Waals surface area contributed by atoms with Crippen LogP contribution in [0.5, 0.6) is 5.75 Å². The predicted octanol–water partition coefficient (Wildman–Crippen LogP) is 3.37. The monoisotopic (exact) mass is 344 g/mol. The molecule has 0 saturated heterocycles. The van der Waals surface area contributed by atoms with Crippen LogP contribution in [0.2, 0.25) is 5.02 Å². The van der Waals surface area contributed by atoms with Crippen LogP contribution in [0.15, 0.2) is 60.3 Å². The van der Waals surface area contributed by atoms with Crippen LogP contribution in [-0.4, -0.2) is 18.8 Å². The van der Waals surface area contributed by atoms with E-state index in [1.54, 1.807) is 62.6 Å². The highest BCUT2D eigenvalue weighted by molar-refractivity contribution is 6.30. The Morgan fingerprint density at radius 1 is 1.04 bits per heavy atom. The van der Waals surface area contributed by atoms with Gasteiger partial charge in [-0.15, -0.1) is 0 Å². The van der Waals surface area contributed by atoms with E-state index in [0.717, 1.165) is 0 Å². The van der Waals surface area contributed by atoms with Gasteiger partial charge in [-0.1, -0.05) is 17.7 Å². The van der Waals surface area contributed by atoms with Crippen molar-refractivity contribution < 1.29 is 14.3 Å². The SMILES string of the molecule is COc1ccc(C(=O)/C=C(\C)NNC(=O)c2cccc(Cl)c2)cc1. The molecule has 0 aliphatic carbocycles. The van der Waals surface area contributed by atoms with Gasteiger partial charge in [0.25, 0.3) is 5.91 Å².